The zero-order valence-corrected chi connectivity index (χ0v) is 25.3. The standard InChI is InChI=1S/C25H31N9O8S2/c1-25(2,23(40)41)42-31-15(18-30-24(27)44-32-18)19(36)29-16-20(37)34-17(22(38)39)12(11-43-21(16)34)9-33-7-4-14(5-8-33)28-6-3-13(26)10-35/h4-5,7-8,13,16,21,35H,3,6,9-11,26H2,1-2H3,(H5,27,29,30,32,36,38,39,40,41)/p+1/b31-15-/t13-,16?,21?/m0/s1. The van der Waals surface area contributed by atoms with Crippen molar-refractivity contribution in [3.63, 3.8) is 0 Å². The lowest BCUT2D eigenvalue weighted by Crippen LogP contribution is -2.71. The number of nitrogens with zero attached hydrogens (tertiary/aromatic N) is 5. The number of aromatic nitrogens is 3. The lowest BCUT2D eigenvalue weighted by atomic mass is 10.0. The summed E-state index contributed by atoms with van der Waals surface area (Å²) in [5.41, 5.74) is 10.2. The third-order valence-electron chi connectivity index (χ3n) is 6.63. The molecule has 9 N–H and O–H groups in total. The molecule has 2 aromatic heterocycles. The molecule has 3 atom stereocenters. The Morgan fingerprint density at radius 3 is 2.59 bits per heavy atom. The van der Waals surface area contributed by atoms with Gasteiger partial charge in [0.15, 0.2) is 24.1 Å². The fourth-order valence-electron chi connectivity index (χ4n) is 4.12. The van der Waals surface area contributed by atoms with Crippen LogP contribution in [0.3, 0.4) is 0 Å². The number of carboxylic acids is 2. The summed E-state index contributed by atoms with van der Waals surface area (Å²) in [7, 11) is 0. The third-order valence-corrected chi connectivity index (χ3v) is 8.51. The molecule has 17 nitrogen and oxygen atoms in total. The van der Waals surface area contributed by atoms with Crippen LogP contribution < -0.4 is 26.7 Å². The summed E-state index contributed by atoms with van der Waals surface area (Å²) in [4.78, 5) is 60.2. The van der Waals surface area contributed by atoms with E-state index in [4.69, 9.17) is 21.4 Å². The largest absolute Gasteiger partial charge is 0.478 e. The number of nitrogens with one attached hydrogen (secondary N) is 2. The van der Waals surface area contributed by atoms with Crippen molar-refractivity contribution in [2.75, 3.05) is 30.0 Å². The summed E-state index contributed by atoms with van der Waals surface area (Å²) < 4.78 is 5.71. The van der Waals surface area contributed by atoms with Gasteiger partial charge in [-0.25, -0.2) is 14.2 Å². The Morgan fingerprint density at radius 1 is 1.30 bits per heavy atom. The minimum absolute atomic E-state index is 0.0158. The van der Waals surface area contributed by atoms with Gasteiger partial charge in [-0.15, -0.1) is 11.8 Å². The molecule has 2 aliphatic heterocycles. The number of aliphatic carboxylic acids is 2. The Bertz CT molecular complexity index is 1490. The number of amides is 2. The van der Waals surface area contributed by atoms with E-state index >= 15 is 0 Å². The first-order valence-electron chi connectivity index (χ1n) is 13.2. The number of hydrogen-bond acceptors (Lipinski definition) is 14. The molecule has 0 saturated carbocycles. The summed E-state index contributed by atoms with van der Waals surface area (Å²) in [6.45, 7) is 3.13. The van der Waals surface area contributed by atoms with Crippen molar-refractivity contribution >= 4 is 63.6 Å². The van der Waals surface area contributed by atoms with Crippen molar-refractivity contribution in [2.45, 2.75) is 49.9 Å². The molecule has 0 aromatic carbocycles. The van der Waals surface area contributed by atoms with E-state index in [-0.39, 0.29) is 41.6 Å². The molecule has 1 fully saturated rings. The number of oxime groups is 1. The van der Waals surface area contributed by atoms with Crippen LogP contribution in [-0.4, -0.2) is 101 Å². The number of nitrogens with two attached hydrogens (primary N) is 2. The van der Waals surface area contributed by atoms with E-state index in [1.54, 1.807) is 17.0 Å². The van der Waals surface area contributed by atoms with E-state index < -0.39 is 46.5 Å². The Kier molecular flexibility index (Phi) is 10.0. The van der Waals surface area contributed by atoms with Crippen LogP contribution in [0, 0.1) is 0 Å². The molecule has 2 aromatic rings. The normalized spacial score (nSPS) is 19.1. The van der Waals surface area contributed by atoms with E-state index in [0.717, 1.165) is 22.1 Å². The monoisotopic (exact) mass is 650 g/mol. The number of carboxylic acid groups (broad SMARTS) is 2. The van der Waals surface area contributed by atoms with Crippen LogP contribution in [0.15, 0.2) is 41.0 Å². The van der Waals surface area contributed by atoms with Crippen LogP contribution in [0.5, 0.6) is 0 Å². The van der Waals surface area contributed by atoms with Crippen molar-refractivity contribution in [1.29, 1.82) is 0 Å². The van der Waals surface area contributed by atoms with Gasteiger partial charge in [0.1, 0.15) is 17.1 Å². The maximum Gasteiger partial charge on any atom is 0.352 e. The second kappa shape index (κ2) is 13.5. The minimum Gasteiger partial charge on any atom is -0.478 e. The maximum atomic E-state index is 13.2. The number of pyridine rings is 1. The number of aliphatic hydroxyl groups is 1. The van der Waals surface area contributed by atoms with Gasteiger partial charge in [-0.3, -0.25) is 14.5 Å². The summed E-state index contributed by atoms with van der Waals surface area (Å²) in [6.07, 6.45) is 4.13. The molecule has 0 spiro atoms. The highest BCUT2D eigenvalue weighted by Crippen LogP contribution is 2.40. The first-order chi connectivity index (χ1) is 20.8. The second-order valence-corrected chi connectivity index (χ2v) is 12.2. The van der Waals surface area contributed by atoms with Gasteiger partial charge < -0.3 is 42.3 Å². The predicted molar refractivity (Wildman–Crippen MR) is 158 cm³/mol. The molecule has 0 aliphatic carbocycles. The molecule has 2 unspecified atom stereocenters. The van der Waals surface area contributed by atoms with Gasteiger partial charge in [0, 0.05) is 53.3 Å². The lowest BCUT2D eigenvalue weighted by molar-refractivity contribution is -0.688. The number of aliphatic hydroxyl groups excluding tert-OH is 1. The van der Waals surface area contributed by atoms with Gasteiger partial charge >= 0.3 is 11.9 Å². The predicted octanol–water partition coefficient (Wildman–Crippen LogP) is -1.45. The highest BCUT2D eigenvalue weighted by Gasteiger charge is 2.55. The molecule has 0 bridgehead atoms. The van der Waals surface area contributed by atoms with Gasteiger partial charge in [0.2, 0.25) is 17.1 Å². The number of carbonyl (C=O) groups excluding carboxylic acids is 2. The summed E-state index contributed by atoms with van der Waals surface area (Å²) in [6, 6.07) is 2.22. The van der Waals surface area contributed by atoms with Gasteiger partial charge in [-0.2, -0.15) is 9.36 Å². The molecule has 4 heterocycles. The third kappa shape index (κ3) is 7.24. The second-order valence-electron chi connectivity index (χ2n) is 10.3. The summed E-state index contributed by atoms with van der Waals surface area (Å²) in [5, 5.41) is 37.1. The maximum absolute atomic E-state index is 13.2. The number of β-lactam (4-membered cyclic amide) rings is 1. The molecule has 19 heteroatoms. The number of carbonyl (C=O) groups is 4. The summed E-state index contributed by atoms with van der Waals surface area (Å²) >= 11 is 2.05. The first-order valence-corrected chi connectivity index (χ1v) is 15.0. The molecular weight excluding hydrogens is 618 g/mol. The van der Waals surface area contributed by atoms with Crippen LogP contribution in [0.4, 0.5) is 10.8 Å². The van der Waals surface area contributed by atoms with Gasteiger partial charge in [0.05, 0.1) is 6.61 Å². The molecular formula is C25H32N9O8S2+. The van der Waals surface area contributed by atoms with Crippen LogP contribution in [-0.2, 0) is 30.6 Å². The Hall–Kier alpha value is -4.33. The molecule has 2 aliphatic rings. The van der Waals surface area contributed by atoms with Crippen molar-refractivity contribution in [3.05, 3.63) is 41.6 Å². The molecule has 1 saturated heterocycles. The molecule has 44 heavy (non-hydrogen) atoms. The highest BCUT2D eigenvalue weighted by molar-refractivity contribution is 8.00. The number of hydrogen-bond donors (Lipinski definition) is 7. The van der Waals surface area contributed by atoms with Crippen LogP contribution in [0.25, 0.3) is 0 Å². The molecule has 236 valence electrons. The first kappa shape index (κ1) is 32.6. The van der Waals surface area contributed by atoms with Gasteiger partial charge in [0.25, 0.3) is 11.8 Å². The zero-order chi connectivity index (χ0) is 32.2. The fraction of sp³-hybridized carbons (Fsp3) is 0.440. The van der Waals surface area contributed by atoms with Crippen LogP contribution >= 0.6 is 23.3 Å². The van der Waals surface area contributed by atoms with E-state index in [9.17, 15) is 29.4 Å². The van der Waals surface area contributed by atoms with Crippen LogP contribution in [0.2, 0.25) is 0 Å². The molecule has 2 amide bonds. The topological polar surface area (TPSA) is 260 Å². The smallest absolute Gasteiger partial charge is 0.352 e. The molecule has 4 rings (SSSR count). The average Bonchev–Trinajstić information content (AvgIpc) is 3.41. The highest BCUT2D eigenvalue weighted by atomic mass is 32.2. The van der Waals surface area contributed by atoms with Crippen molar-refractivity contribution in [2.24, 2.45) is 10.9 Å². The van der Waals surface area contributed by atoms with Crippen molar-refractivity contribution in [3.8, 4) is 0 Å². The number of nitrogen functional groups attached to an aromatic ring is 1. The van der Waals surface area contributed by atoms with Gasteiger partial charge in [-0.1, -0.05) is 5.16 Å². The Labute approximate surface area is 259 Å². The van der Waals surface area contributed by atoms with E-state index in [1.165, 1.54) is 25.6 Å². The number of anilines is 2. The van der Waals surface area contributed by atoms with E-state index in [2.05, 4.69) is 25.1 Å². The number of fused-ring (bicyclic) bond motifs is 1. The van der Waals surface area contributed by atoms with Crippen molar-refractivity contribution in [1.82, 2.24) is 19.6 Å². The zero-order valence-electron chi connectivity index (χ0n) is 23.7. The Balaban J connectivity index is 1.47. The minimum atomic E-state index is -1.80. The van der Waals surface area contributed by atoms with E-state index in [1.807, 2.05) is 12.1 Å². The van der Waals surface area contributed by atoms with E-state index in [0.29, 0.717) is 18.5 Å². The Morgan fingerprint density at radius 2 is 2.00 bits per heavy atom. The number of thioether (sulfide) groups is 1. The summed E-state index contributed by atoms with van der Waals surface area (Å²) in [5.74, 6) is -4.16. The lowest BCUT2D eigenvalue weighted by Gasteiger charge is -2.49. The van der Waals surface area contributed by atoms with Crippen molar-refractivity contribution < 1.29 is 43.9 Å². The number of rotatable bonds is 14. The SMILES string of the molecule is CC(C)(O/N=C(\C(=O)NC1C(=O)N2C(C(=O)O)=C(C[n+]3ccc(NCC[C@H](N)CO)cc3)CSC12)c1nsc(N)n1)C(=O)O. The van der Waals surface area contributed by atoms with Gasteiger partial charge in [-0.05, 0) is 20.3 Å². The average molecular weight is 651 g/mol. The molecule has 0 radical (unpaired) electrons. The fourth-order valence-corrected chi connectivity index (χ4v) is 5.89. The quantitative estimate of drug-likeness (QED) is 0.0534. The van der Waals surface area contributed by atoms with Crippen LogP contribution in [0.1, 0.15) is 26.1 Å².